The third-order valence-electron chi connectivity index (χ3n) is 7.97. The van der Waals surface area contributed by atoms with Gasteiger partial charge in [0.2, 0.25) is 0 Å². The van der Waals surface area contributed by atoms with E-state index in [2.05, 4.69) is 51.6 Å². The van der Waals surface area contributed by atoms with E-state index in [1.807, 2.05) is 42.5 Å². The minimum atomic E-state index is 0.0103. The highest BCUT2D eigenvalue weighted by molar-refractivity contribution is 7.99. The number of benzene rings is 2. The van der Waals surface area contributed by atoms with Gasteiger partial charge in [0.05, 0.1) is 6.04 Å². The van der Waals surface area contributed by atoms with Crippen LogP contribution >= 0.6 is 11.8 Å². The number of likely N-dealkylation sites (tertiary alicyclic amines) is 1. The predicted octanol–water partition coefficient (Wildman–Crippen LogP) is 5.16. The third-order valence-corrected chi connectivity index (χ3v) is 8.91. The third kappa shape index (κ3) is 6.12. The summed E-state index contributed by atoms with van der Waals surface area (Å²) in [6, 6.07) is 23.2. The highest BCUT2D eigenvalue weighted by atomic mass is 32.2. The molecule has 1 unspecified atom stereocenters. The van der Waals surface area contributed by atoms with Crippen LogP contribution in [0.15, 0.2) is 76.7 Å². The molecule has 3 fully saturated rings. The number of rotatable bonds is 8. The van der Waals surface area contributed by atoms with Crippen LogP contribution in [-0.2, 0) is 6.54 Å². The molecule has 0 radical (unpaired) electrons. The number of hydrogen-bond acceptors (Lipinski definition) is 5. The minimum Gasteiger partial charge on any atom is -0.349 e. The summed E-state index contributed by atoms with van der Waals surface area (Å²) in [5.74, 6) is 0.0103. The molecule has 8 heteroatoms. The molecule has 2 aliphatic heterocycles. The van der Waals surface area contributed by atoms with Crippen molar-refractivity contribution in [3.8, 4) is 0 Å². The first-order valence-electron chi connectivity index (χ1n) is 13.9. The smallest absolute Gasteiger partial charge is 0.318 e. The lowest BCUT2D eigenvalue weighted by Gasteiger charge is -2.39. The van der Waals surface area contributed by atoms with E-state index in [0.717, 1.165) is 60.9 Å². The summed E-state index contributed by atoms with van der Waals surface area (Å²) >= 11 is 1.62. The molecule has 1 aliphatic carbocycles. The van der Waals surface area contributed by atoms with Crippen LogP contribution in [0.25, 0.3) is 0 Å². The molecule has 3 aromatic rings. The van der Waals surface area contributed by atoms with Crippen LogP contribution in [0, 0.1) is 6.92 Å². The molecule has 1 aromatic heterocycles. The van der Waals surface area contributed by atoms with Crippen molar-refractivity contribution in [3.63, 3.8) is 0 Å². The second-order valence-electron chi connectivity index (χ2n) is 10.8. The molecule has 39 heavy (non-hydrogen) atoms. The average molecular weight is 542 g/mol. The van der Waals surface area contributed by atoms with Crippen molar-refractivity contribution in [2.75, 3.05) is 19.6 Å². The lowest BCUT2D eigenvalue weighted by molar-refractivity contribution is 0.0951. The second-order valence-corrected chi connectivity index (χ2v) is 11.9. The summed E-state index contributed by atoms with van der Waals surface area (Å²) in [4.78, 5) is 35.4. The predicted molar refractivity (Wildman–Crippen MR) is 153 cm³/mol. The van der Waals surface area contributed by atoms with Crippen LogP contribution in [0.4, 0.5) is 4.79 Å². The van der Waals surface area contributed by atoms with E-state index in [-0.39, 0.29) is 24.0 Å². The molecule has 2 N–H and O–H groups in total. The van der Waals surface area contributed by atoms with Crippen LogP contribution in [-0.4, -0.2) is 58.4 Å². The van der Waals surface area contributed by atoms with Crippen molar-refractivity contribution in [2.45, 2.75) is 67.2 Å². The molecule has 3 aliphatic rings. The molecule has 1 atom stereocenters. The van der Waals surface area contributed by atoms with Crippen LogP contribution in [0.2, 0.25) is 0 Å². The van der Waals surface area contributed by atoms with Crippen LogP contribution in [0.5, 0.6) is 0 Å². The van der Waals surface area contributed by atoms with Gasteiger partial charge in [0.1, 0.15) is 5.03 Å². The summed E-state index contributed by atoms with van der Waals surface area (Å²) < 4.78 is 0. The van der Waals surface area contributed by atoms with E-state index in [1.54, 1.807) is 11.8 Å². The van der Waals surface area contributed by atoms with E-state index in [4.69, 9.17) is 4.98 Å². The van der Waals surface area contributed by atoms with Gasteiger partial charge in [-0.05, 0) is 74.1 Å². The van der Waals surface area contributed by atoms with E-state index < -0.39 is 0 Å². The summed E-state index contributed by atoms with van der Waals surface area (Å²) in [6.07, 6.45) is 4.13. The van der Waals surface area contributed by atoms with Gasteiger partial charge in [0, 0.05) is 54.4 Å². The number of nitrogens with zero attached hydrogens (tertiary/aromatic N) is 3. The molecule has 0 spiro atoms. The molecule has 3 heterocycles. The summed E-state index contributed by atoms with van der Waals surface area (Å²) in [7, 11) is 0. The van der Waals surface area contributed by atoms with Gasteiger partial charge >= 0.3 is 6.03 Å². The summed E-state index contributed by atoms with van der Waals surface area (Å²) in [5.41, 5.74) is 4.19. The fourth-order valence-corrected chi connectivity index (χ4v) is 6.40. The standard InChI is InChI=1S/C31H35N5O2S/c1-21-24(9-14-29(33-21)39-27-12-7-23(8-13-27)30(37)34-25-10-11-25)20-35-17-15-26(16-18-35)36-28(19-32-31(36)38)22-5-3-2-4-6-22/h2-9,12-14,25-26,28H,10-11,15-20H2,1H3,(H,32,38)(H,34,37). The maximum atomic E-state index is 12.7. The van der Waals surface area contributed by atoms with Gasteiger partial charge in [-0.3, -0.25) is 9.69 Å². The van der Waals surface area contributed by atoms with Gasteiger partial charge in [0.15, 0.2) is 0 Å². The van der Waals surface area contributed by atoms with E-state index in [9.17, 15) is 9.59 Å². The van der Waals surface area contributed by atoms with Crippen LogP contribution in [0.3, 0.4) is 0 Å². The van der Waals surface area contributed by atoms with E-state index in [0.29, 0.717) is 18.2 Å². The first kappa shape index (κ1) is 25.9. The largest absolute Gasteiger partial charge is 0.349 e. The first-order valence-corrected chi connectivity index (χ1v) is 14.7. The fraction of sp³-hybridized carbons (Fsp3) is 0.387. The molecule has 3 amide bonds. The Labute approximate surface area is 234 Å². The van der Waals surface area contributed by atoms with Crippen molar-refractivity contribution in [1.82, 2.24) is 25.4 Å². The Morgan fingerprint density at radius 1 is 1.00 bits per heavy atom. The molecule has 0 bridgehead atoms. The Kier molecular flexibility index (Phi) is 7.57. The lowest BCUT2D eigenvalue weighted by Crippen LogP contribution is -2.46. The van der Waals surface area contributed by atoms with E-state index >= 15 is 0 Å². The minimum absolute atomic E-state index is 0.0103. The van der Waals surface area contributed by atoms with E-state index in [1.165, 1.54) is 11.1 Å². The van der Waals surface area contributed by atoms with Crippen molar-refractivity contribution in [1.29, 1.82) is 0 Å². The average Bonchev–Trinajstić information content (AvgIpc) is 3.69. The molecular formula is C31H35N5O2S. The Morgan fingerprint density at radius 2 is 1.74 bits per heavy atom. The number of carbonyl (C=O) groups excluding carboxylic acids is 2. The normalized spacial score (nSPS) is 20.2. The number of aryl methyl sites for hydroxylation is 1. The Bertz CT molecular complexity index is 1320. The van der Waals surface area contributed by atoms with Gasteiger partial charge in [0.25, 0.3) is 5.91 Å². The van der Waals surface area contributed by atoms with Crippen molar-refractivity contribution in [3.05, 3.63) is 89.1 Å². The number of urea groups is 1. The van der Waals surface area contributed by atoms with Gasteiger partial charge in [-0.25, -0.2) is 9.78 Å². The quantitative estimate of drug-likeness (QED) is 0.412. The van der Waals surface area contributed by atoms with Crippen LogP contribution in [0.1, 0.15) is 58.9 Å². The zero-order valence-electron chi connectivity index (χ0n) is 22.3. The molecule has 2 aromatic carbocycles. The summed E-state index contributed by atoms with van der Waals surface area (Å²) in [6.45, 7) is 5.56. The highest BCUT2D eigenvalue weighted by Crippen LogP contribution is 2.32. The Morgan fingerprint density at radius 3 is 2.44 bits per heavy atom. The van der Waals surface area contributed by atoms with Gasteiger partial charge in [-0.15, -0.1) is 0 Å². The highest BCUT2D eigenvalue weighted by Gasteiger charge is 2.38. The number of piperidine rings is 1. The van der Waals surface area contributed by atoms with Gasteiger partial charge < -0.3 is 15.5 Å². The maximum absolute atomic E-state index is 12.7. The number of amides is 3. The molecule has 202 valence electrons. The molecule has 7 nitrogen and oxygen atoms in total. The monoisotopic (exact) mass is 541 g/mol. The number of aromatic nitrogens is 1. The van der Waals surface area contributed by atoms with Crippen molar-refractivity contribution >= 4 is 23.7 Å². The summed E-state index contributed by atoms with van der Waals surface area (Å²) in [5, 5.41) is 7.05. The fourth-order valence-electron chi connectivity index (χ4n) is 5.57. The number of hydrogen-bond donors (Lipinski definition) is 2. The molecule has 2 saturated heterocycles. The van der Waals surface area contributed by atoms with Crippen LogP contribution < -0.4 is 10.6 Å². The zero-order valence-corrected chi connectivity index (χ0v) is 23.1. The van der Waals surface area contributed by atoms with Gasteiger partial charge in [-0.1, -0.05) is 48.2 Å². The molecular weight excluding hydrogens is 506 g/mol. The number of carbonyl (C=O) groups is 2. The lowest BCUT2D eigenvalue weighted by atomic mass is 9.98. The maximum Gasteiger partial charge on any atom is 0.318 e. The SMILES string of the molecule is Cc1nc(Sc2ccc(C(=O)NC3CC3)cc2)ccc1CN1CCC(N2C(=O)NCC2c2ccccc2)CC1. The number of pyridine rings is 1. The first-order chi connectivity index (χ1) is 19.0. The van der Waals surface area contributed by atoms with Crippen molar-refractivity contribution in [2.24, 2.45) is 0 Å². The Balaban J connectivity index is 1.02. The zero-order chi connectivity index (χ0) is 26.8. The molecule has 1 saturated carbocycles. The Hall–Kier alpha value is -3.36. The van der Waals surface area contributed by atoms with Crippen molar-refractivity contribution < 1.29 is 9.59 Å². The molecule has 6 rings (SSSR count). The second kappa shape index (κ2) is 11.4. The van der Waals surface area contributed by atoms with Gasteiger partial charge in [-0.2, -0.15) is 0 Å². The number of nitrogens with one attached hydrogen (secondary N) is 2. The topological polar surface area (TPSA) is 77.6 Å².